The molecule has 0 fully saturated rings. The summed E-state index contributed by atoms with van der Waals surface area (Å²) in [6.07, 6.45) is -0.789. The Balaban J connectivity index is 1.57. The summed E-state index contributed by atoms with van der Waals surface area (Å²) in [5, 5.41) is 6.50. The number of anilines is 1. The third-order valence-electron chi connectivity index (χ3n) is 5.20. The maximum absolute atomic E-state index is 13.4. The maximum Gasteiger partial charge on any atom is 0.262 e. The molecule has 8 nitrogen and oxygen atoms in total. The van der Waals surface area contributed by atoms with Crippen molar-refractivity contribution < 1.29 is 23.6 Å². The zero-order valence-corrected chi connectivity index (χ0v) is 17.5. The first-order chi connectivity index (χ1) is 15.0. The summed E-state index contributed by atoms with van der Waals surface area (Å²) in [6.45, 7) is 4.09. The number of likely N-dealkylation sites (N-methyl/N-ethyl adjacent to an activating group) is 1. The second-order valence-electron chi connectivity index (χ2n) is 7.22. The molecule has 1 aliphatic heterocycles. The summed E-state index contributed by atoms with van der Waals surface area (Å²) in [7, 11) is 1.54. The molecule has 4 rings (SSSR count). The van der Waals surface area contributed by atoms with Crippen molar-refractivity contribution in [2.75, 3.05) is 18.5 Å². The van der Waals surface area contributed by atoms with Crippen LogP contribution in [0.3, 0.4) is 0 Å². The second kappa shape index (κ2) is 8.51. The number of para-hydroxylation sites is 2. The molecule has 0 bridgehead atoms. The lowest BCUT2D eigenvalue weighted by Crippen LogP contribution is -2.50. The van der Waals surface area contributed by atoms with Gasteiger partial charge in [0, 0.05) is 12.6 Å². The fourth-order valence-corrected chi connectivity index (χ4v) is 3.46. The number of nitrogens with zero attached hydrogens (tertiary/aromatic N) is 2. The third-order valence-corrected chi connectivity index (χ3v) is 5.20. The van der Waals surface area contributed by atoms with Crippen molar-refractivity contribution in [1.29, 1.82) is 0 Å². The highest BCUT2D eigenvalue weighted by Crippen LogP contribution is 2.34. The Morgan fingerprint density at radius 3 is 2.74 bits per heavy atom. The number of aryl methyl sites for hydroxylation is 2. The van der Waals surface area contributed by atoms with E-state index in [4.69, 9.17) is 14.0 Å². The normalized spacial score (nSPS) is 15.1. The van der Waals surface area contributed by atoms with Crippen LogP contribution in [-0.2, 0) is 11.4 Å². The molecule has 0 spiro atoms. The van der Waals surface area contributed by atoms with Crippen LogP contribution in [0.15, 0.2) is 53.1 Å². The Labute approximate surface area is 179 Å². The fourth-order valence-electron chi connectivity index (χ4n) is 3.46. The van der Waals surface area contributed by atoms with E-state index in [-0.39, 0.29) is 25.0 Å². The van der Waals surface area contributed by atoms with Crippen LogP contribution in [0.25, 0.3) is 0 Å². The summed E-state index contributed by atoms with van der Waals surface area (Å²) >= 11 is 0. The van der Waals surface area contributed by atoms with Gasteiger partial charge in [0.15, 0.2) is 6.10 Å². The van der Waals surface area contributed by atoms with Crippen molar-refractivity contribution >= 4 is 17.5 Å². The van der Waals surface area contributed by atoms with Crippen LogP contribution in [0, 0.1) is 13.8 Å². The number of hydrogen-bond donors (Lipinski definition) is 1. The third kappa shape index (κ3) is 4.09. The molecular formula is C23H23N3O5. The minimum absolute atomic E-state index is 0.111. The van der Waals surface area contributed by atoms with Gasteiger partial charge in [-0.05, 0) is 44.2 Å². The summed E-state index contributed by atoms with van der Waals surface area (Å²) < 4.78 is 16.8. The number of ether oxygens (including phenoxy) is 2. The van der Waals surface area contributed by atoms with Gasteiger partial charge in [-0.3, -0.25) is 9.59 Å². The summed E-state index contributed by atoms with van der Waals surface area (Å²) in [5.41, 5.74) is 2.72. The summed E-state index contributed by atoms with van der Waals surface area (Å²) in [6, 6.07) is 14.1. The monoisotopic (exact) mass is 421 g/mol. The van der Waals surface area contributed by atoms with E-state index in [1.807, 2.05) is 19.9 Å². The number of fused-ring (bicyclic) bond motifs is 1. The smallest absolute Gasteiger partial charge is 0.262 e. The van der Waals surface area contributed by atoms with Crippen LogP contribution in [0.5, 0.6) is 11.5 Å². The van der Waals surface area contributed by atoms with Crippen molar-refractivity contribution in [1.82, 2.24) is 10.5 Å². The van der Waals surface area contributed by atoms with Crippen molar-refractivity contribution in [2.24, 2.45) is 0 Å². The number of rotatable bonds is 5. The SMILES string of the molecule is CNC(=O)C1CN(C(=O)c2cccc(OCc3c(C)noc3C)c2)c2ccccc2O1. The van der Waals surface area contributed by atoms with Crippen LogP contribution in [0.2, 0.25) is 0 Å². The lowest BCUT2D eigenvalue weighted by atomic mass is 10.1. The van der Waals surface area contributed by atoms with E-state index < -0.39 is 6.10 Å². The molecule has 1 N–H and O–H groups in total. The lowest BCUT2D eigenvalue weighted by molar-refractivity contribution is -0.127. The predicted molar refractivity (Wildman–Crippen MR) is 113 cm³/mol. The van der Waals surface area contributed by atoms with Crippen LogP contribution < -0.4 is 19.7 Å². The molecule has 0 saturated heterocycles. The Morgan fingerprint density at radius 2 is 2.00 bits per heavy atom. The van der Waals surface area contributed by atoms with Gasteiger partial charge in [0.25, 0.3) is 11.8 Å². The van der Waals surface area contributed by atoms with Gasteiger partial charge in [0.05, 0.1) is 23.5 Å². The number of nitrogens with one attached hydrogen (secondary N) is 1. The van der Waals surface area contributed by atoms with Gasteiger partial charge in [-0.15, -0.1) is 0 Å². The molecule has 8 heteroatoms. The highest BCUT2D eigenvalue weighted by atomic mass is 16.5. The van der Waals surface area contributed by atoms with E-state index in [9.17, 15) is 9.59 Å². The number of carbonyl (C=O) groups excluding carboxylic acids is 2. The zero-order valence-electron chi connectivity index (χ0n) is 17.5. The van der Waals surface area contributed by atoms with E-state index in [1.54, 1.807) is 47.4 Å². The molecule has 1 atom stereocenters. The molecule has 2 aromatic carbocycles. The highest BCUT2D eigenvalue weighted by molar-refractivity contribution is 6.08. The number of carbonyl (C=O) groups is 2. The largest absolute Gasteiger partial charge is 0.489 e. The van der Waals surface area contributed by atoms with Gasteiger partial charge < -0.3 is 24.2 Å². The van der Waals surface area contributed by atoms with Crippen LogP contribution >= 0.6 is 0 Å². The Bertz CT molecular complexity index is 1100. The highest BCUT2D eigenvalue weighted by Gasteiger charge is 2.33. The molecule has 0 radical (unpaired) electrons. The van der Waals surface area contributed by atoms with Crippen molar-refractivity contribution in [3.63, 3.8) is 0 Å². The average Bonchev–Trinajstić information content (AvgIpc) is 3.13. The van der Waals surface area contributed by atoms with Gasteiger partial charge in [-0.25, -0.2) is 0 Å². The Kier molecular flexibility index (Phi) is 5.62. The first-order valence-electron chi connectivity index (χ1n) is 9.91. The van der Waals surface area contributed by atoms with Crippen LogP contribution in [0.4, 0.5) is 5.69 Å². The first-order valence-corrected chi connectivity index (χ1v) is 9.91. The summed E-state index contributed by atoms with van der Waals surface area (Å²) in [5.74, 6) is 1.21. The maximum atomic E-state index is 13.4. The van der Waals surface area contributed by atoms with E-state index >= 15 is 0 Å². The van der Waals surface area contributed by atoms with Crippen LogP contribution in [0.1, 0.15) is 27.4 Å². The molecule has 0 saturated carbocycles. The molecule has 2 amide bonds. The van der Waals surface area contributed by atoms with Crippen LogP contribution in [-0.4, -0.2) is 36.7 Å². The minimum atomic E-state index is -0.789. The Morgan fingerprint density at radius 1 is 1.19 bits per heavy atom. The van der Waals surface area contributed by atoms with Crippen molar-refractivity contribution in [2.45, 2.75) is 26.6 Å². The minimum Gasteiger partial charge on any atom is -0.489 e. The molecule has 160 valence electrons. The molecule has 2 heterocycles. The molecule has 1 unspecified atom stereocenters. The molecule has 1 aromatic heterocycles. The molecule has 1 aliphatic rings. The number of hydrogen-bond acceptors (Lipinski definition) is 6. The molecular weight excluding hydrogens is 398 g/mol. The second-order valence-corrected chi connectivity index (χ2v) is 7.22. The van der Waals surface area contributed by atoms with Crippen molar-refractivity contribution in [3.8, 4) is 11.5 Å². The number of aromatic nitrogens is 1. The van der Waals surface area contributed by atoms with Gasteiger partial charge in [-0.1, -0.05) is 23.4 Å². The van der Waals surface area contributed by atoms with E-state index in [1.165, 1.54) is 7.05 Å². The molecule has 3 aromatic rings. The van der Waals surface area contributed by atoms with Crippen molar-refractivity contribution in [3.05, 3.63) is 71.1 Å². The van der Waals surface area contributed by atoms with E-state index in [0.29, 0.717) is 28.5 Å². The average molecular weight is 421 g/mol. The quantitative estimate of drug-likeness (QED) is 0.681. The predicted octanol–water partition coefficient (Wildman–Crippen LogP) is 3.02. The lowest BCUT2D eigenvalue weighted by Gasteiger charge is -2.34. The zero-order chi connectivity index (χ0) is 22.0. The first kappa shape index (κ1) is 20.5. The fraction of sp³-hybridized carbons (Fsp3) is 0.261. The number of benzene rings is 2. The molecule has 31 heavy (non-hydrogen) atoms. The van der Waals surface area contributed by atoms with Gasteiger partial charge in [0.1, 0.15) is 23.9 Å². The summed E-state index contributed by atoms with van der Waals surface area (Å²) in [4.78, 5) is 27.1. The van der Waals surface area contributed by atoms with Gasteiger partial charge in [-0.2, -0.15) is 0 Å². The topological polar surface area (TPSA) is 93.9 Å². The Hall–Kier alpha value is -3.81. The van der Waals surface area contributed by atoms with Gasteiger partial charge >= 0.3 is 0 Å². The standard InChI is InChI=1S/C23H23N3O5/c1-14-18(15(2)31-25-14)13-29-17-8-6-7-16(11-17)23(28)26-12-21(22(27)24-3)30-20-10-5-4-9-19(20)26/h4-11,21H,12-13H2,1-3H3,(H,24,27). The van der Waals surface area contributed by atoms with E-state index in [0.717, 1.165) is 11.3 Å². The molecule has 0 aliphatic carbocycles. The van der Waals surface area contributed by atoms with E-state index in [2.05, 4.69) is 10.5 Å². The number of amides is 2. The van der Waals surface area contributed by atoms with Gasteiger partial charge in [0.2, 0.25) is 0 Å².